The standard InChI is InChI=1S/C10H18N2O3/c1-2-14-8-6-7(11)9(8)12-4-3-5-15-10(12)13/h7-9H,2-6,11H2,1H3. The second-order valence-corrected chi connectivity index (χ2v) is 4.05. The molecule has 0 aromatic heterocycles. The summed E-state index contributed by atoms with van der Waals surface area (Å²) < 4.78 is 10.5. The van der Waals surface area contributed by atoms with Gasteiger partial charge in [0, 0.05) is 19.2 Å². The van der Waals surface area contributed by atoms with Crippen molar-refractivity contribution in [3.05, 3.63) is 0 Å². The van der Waals surface area contributed by atoms with Crippen LogP contribution in [0.3, 0.4) is 0 Å². The molecule has 2 aliphatic rings. The first-order chi connectivity index (χ1) is 7.24. The van der Waals surface area contributed by atoms with Crippen molar-refractivity contribution >= 4 is 6.09 Å². The van der Waals surface area contributed by atoms with Gasteiger partial charge in [-0.1, -0.05) is 0 Å². The average molecular weight is 214 g/mol. The van der Waals surface area contributed by atoms with Gasteiger partial charge in [0.15, 0.2) is 0 Å². The van der Waals surface area contributed by atoms with E-state index in [1.807, 2.05) is 6.92 Å². The summed E-state index contributed by atoms with van der Waals surface area (Å²) in [6.45, 7) is 3.88. The molecule has 1 amide bonds. The number of nitrogens with two attached hydrogens (primary N) is 1. The summed E-state index contributed by atoms with van der Waals surface area (Å²) in [4.78, 5) is 13.2. The Bertz CT molecular complexity index is 245. The van der Waals surface area contributed by atoms with Crippen molar-refractivity contribution in [3.63, 3.8) is 0 Å². The van der Waals surface area contributed by atoms with E-state index >= 15 is 0 Å². The fourth-order valence-electron chi connectivity index (χ4n) is 2.28. The largest absolute Gasteiger partial charge is 0.449 e. The molecule has 2 N–H and O–H groups in total. The second kappa shape index (κ2) is 4.37. The van der Waals surface area contributed by atoms with Crippen LogP contribution < -0.4 is 5.73 Å². The minimum absolute atomic E-state index is 0.0118. The highest BCUT2D eigenvalue weighted by Gasteiger charge is 2.46. The van der Waals surface area contributed by atoms with E-state index in [0.29, 0.717) is 13.2 Å². The molecule has 1 heterocycles. The molecule has 2 fully saturated rings. The van der Waals surface area contributed by atoms with E-state index in [-0.39, 0.29) is 24.3 Å². The van der Waals surface area contributed by atoms with E-state index in [2.05, 4.69) is 0 Å². The van der Waals surface area contributed by atoms with Gasteiger partial charge in [-0.15, -0.1) is 0 Å². The monoisotopic (exact) mass is 214 g/mol. The van der Waals surface area contributed by atoms with E-state index in [9.17, 15) is 4.79 Å². The van der Waals surface area contributed by atoms with Gasteiger partial charge in [0.05, 0.1) is 18.8 Å². The number of ether oxygens (including phenoxy) is 2. The smallest absolute Gasteiger partial charge is 0.410 e. The number of cyclic esters (lactones) is 1. The summed E-state index contributed by atoms with van der Waals surface area (Å²) in [7, 11) is 0. The number of carbonyl (C=O) groups is 1. The highest BCUT2D eigenvalue weighted by Crippen LogP contribution is 2.29. The number of hydrogen-bond donors (Lipinski definition) is 1. The number of rotatable bonds is 3. The van der Waals surface area contributed by atoms with E-state index in [1.165, 1.54) is 0 Å². The zero-order chi connectivity index (χ0) is 10.8. The third-order valence-electron chi connectivity index (χ3n) is 3.07. The first-order valence-corrected chi connectivity index (χ1v) is 5.54. The molecule has 1 saturated heterocycles. The molecule has 5 nitrogen and oxygen atoms in total. The molecule has 15 heavy (non-hydrogen) atoms. The Morgan fingerprint density at radius 2 is 2.47 bits per heavy atom. The van der Waals surface area contributed by atoms with Crippen LogP contribution >= 0.6 is 0 Å². The highest BCUT2D eigenvalue weighted by molar-refractivity contribution is 5.69. The minimum atomic E-state index is -0.244. The van der Waals surface area contributed by atoms with Crippen LogP contribution in [0.25, 0.3) is 0 Å². The van der Waals surface area contributed by atoms with Crippen LogP contribution in [-0.2, 0) is 9.47 Å². The Morgan fingerprint density at radius 3 is 3.07 bits per heavy atom. The molecule has 0 aromatic carbocycles. The molecule has 1 saturated carbocycles. The Labute approximate surface area is 89.5 Å². The molecular formula is C10H18N2O3. The number of amides is 1. The summed E-state index contributed by atoms with van der Waals surface area (Å²) in [5.74, 6) is 0. The lowest BCUT2D eigenvalue weighted by atomic mass is 9.82. The van der Waals surface area contributed by atoms with E-state index in [0.717, 1.165) is 19.4 Å². The maximum atomic E-state index is 11.5. The molecule has 1 aliphatic heterocycles. The normalized spacial score (nSPS) is 36.0. The molecule has 0 spiro atoms. The molecule has 2 rings (SSSR count). The van der Waals surface area contributed by atoms with Crippen LogP contribution in [0, 0.1) is 0 Å². The van der Waals surface area contributed by atoms with E-state index < -0.39 is 0 Å². The molecule has 5 heteroatoms. The third-order valence-corrected chi connectivity index (χ3v) is 3.07. The van der Waals surface area contributed by atoms with Gasteiger partial charge in [-0.25, -0.2) is 4.79 Å². The van der Waals surface area contributed by atoms with Crippen molar-refractivity contribution in [2.24, 2.45) is 5.73 Å². The Balaban J connectivity index is 1.97. The number of nitrogens with zero attached hydrogens (tertiary/aromatic N) is 1. The first kappa shape index (κ1) is 10.7. The lowest BCUT2D eigenvalue weighted by molar-refractivity contribution is -0.0824. The fraction of sp³-hybridized carbons (Fsp3) is 0.900. The number of hydrogen-bond acceptors (Lipinski definition) is 4. The molecule has 3 unspecified atom stereocenters. The van der Waals surface area contributed by atoms with E-state index in [1.54, 1.807) is 4.90 Å². The Morgan fingerprint density at radius 1 is 1.67 bits per heavy atom. The SMILES string of the molecule is CCOC1CC(N)C1N1CCCOC1=O. The average Bonchev–Trinajstić information content (AvgIpc) is 2.21. The summed E-state index contributed by atoms with van der Waals surface area (Å²) in [6.07, 6.45) is 1.57. The summed E-state index contributed by atoms with van der Waals surface area (Å²) in [5, 5.41) is 0. The second-order valence-electron chi connectivity index (χ2n) is 4.05. The summed E-state index contributed by atoms with van der Waals surface area (Å²) in [6, 6.07) is 0.0462. The zero-order valence-corrected chi connectivity index (χ0v) is 9.02. The van der Waals surface area contributed by atoms with Crippen molar-refractivity contribution < 1.29 is 14.3 Å². The molecule has 0 radical (unpaired) electrons. The topological polar surface area (TPSA) is 64.8 Å². The van der Waals surface area contributed by atoms with Crippen LogP contribution in [0.15, 0.2) is 0 Å². The van der Waals surface area contributed by atoms with Gasteiger partial charge in [-0.2, -0.15) is 0 Å². The summed E-state index contributed by atoms with van der Waals surface area (Å²) in [5.41, 5.74) is 5.91. The van der Waals surface area contributed by atoms with Crippen molar-refractivity contribution in [3.8, 4) is 0 Å². The predicted molar refractivity (Wildman–Crippen MR) is 54.5 cm³/mol. The van der Waals surface area contributed by atoms with Gasteiger partial charge in [-0.05, 0) is 19.8 Å². The molecule has 0 bridgehead atoms. The minimum Gasteiger partial charge on any atom is -0.449 e. The maximum absolute atomic E-state index is 11.5. The Kier molecular flexibility index (Phi) is 3.11. The molecule has 3 atom stereocenters. The van der Waals surface area contributed by atoms with Crippen molar-refractivity contribution in [2.45, 2.75) is 38.0 Å². The molecular weight excluding hydrogens is 196 g/mol. The van der Waals surface area contributed by atoms with Gasteiger partial charge in [0.25, 0.3) is 0 Å². The van der Waals surface area contributed by atoms with Crippen LogP contribution in [0.5, 0.6) is 0 Å². The molecule has 1 aliphatic carbocycles. The van der Waals surface area contributed by atoms with E-state index in [4.69, 9.17) is 15.2 Å². The van der Waals surface area contributed by atoms with Crippen molar-refractivity contribution in [2.75, 3.05) is 19.8 Å². The fourth-order valence-corrected chi connectivity index (χ4v) is 2.28. The van der Waals surface area contributed by atoms with Crippen molar-refractivity contribution in [1.29, 1.82) is 0 Å². The molecule has 0 aromatic rings. The predicted octanol–water partition coefficient (Wildman–Crippen LogP) is 0.333. The van der Waals surface area contributed by atoms with Crippen LogP contribution in [0.4, 0.5) is 4.79 Å². The quantitative estimate of drug-likeness (QED) is 0.735. The van der Waals surface area contributed by atoms with Gasteiger partial charge in [-0.3, -0.25) is 0 Å². The maximum Gasteiger partial charge on any atom is 0.410 e. The van der Waals surface area contributed by atoms with Crippen molar-refractivity contribution in [1.82, 2.24) is 4.90 Å². The zero-order valence-electron chi connectivity index (χ0n) is 9.02. The van der Waals surface area contributed by atoms with Crippen LogP contribution in [-0.4, -0.2) is 48.9 Å². The van der Waals surface area contributed by atoms with Gasteiger partial charge in [0.1, 0.15) is 0 Å². The van der Waals surface area contributed by atoms with Gasteiger partial charge < -0.3 is 20.1 Å². The van der Waals surface area contributed by atoms with Gasteiger partial charge in [0.2, 0.25) is 0 Å². The number of carbonyl (C=O) groups excluding carboxylic acids is 1. The van der Waals surface area contributed by atoms with Gasteiger partial charge >= 0.3 is 6.09 Å². The lowest BCUT2D eigenvalue weighted by Gasteiger charge is -2.48. The molecule has 86 valence electrons. The highest BCUT2D eigenvalue weighted by atomic mass is 16.6. The lowest BCUT2D eigenvalue weighted by Crippen LogP contribution is -2.66. The first-order valence-electron chi connectivity index (χ1n) is 5.54. The Hall–Kier alpha value is -0.810. The van der Waals surface area contributed by atoms with Crippen LogP contribution in [0.1, 0.15) is 19.8 Å². The van der Waals surface area contributed by atoms with Crippen LogP contribution in [0.2, 0.25) is 0 Å². The third kappa shape index (κ3) is 1.94. The summed E-state index contributed by atoms with van der Waals surface area (Å²) >= 11 is 0.